The van der Waals surface area contributed by atoms with Crippen molar-refractivity contribution >= 4 is 17.5 Å². The van der Waals surface area contributed by atoms with Gasteiger partial charge in [0.05, 0.1) is 12.8 Å². The van der Waals surface area contributed by atoms with Crippen molar-refractivity contribution in [1.82, 2.24) is 25.1 Å². The SMILES string of the molecule is COc1ncnc(N(C)C)c1NC(=O)NCCc1c(C)nn(C)c1C. The monoisotopic (exact) mass is 347 g/mol. The summed E-state index contributed by atoms with van der Waals surface area (Å²) in [6.45, 7) is 4.48. The molecule has 0 atom stereocenters. The molecule has 2 aromatic rings. The van der Waals surface area contributed by atoms with Gasteiger partial charge in [-0.25, -0.2) is 9.78 Å². The Morgan fingerprint density at radius 1 is 1.32 bits per heavy atom. The minimum Gasteiger partial charge on any atom is -0.479 e. The molecule has 2 heterocycles. The predicted molar refractivity (Wildman–Crippen MR) is 96.3 cm³/mol. The molecule has 0 radical (unpaired) electrons. The van der Waals surface area contributed by atoms with E-state index in [1.54, 1.807) is 4.90 Å². The molecule has 2 rings (SSSR count). The molecule has 25 heavy (non-hydrogen) atoms. The Labute approximate surface area is 147 Å². The highest BCUT2D eigenvalue weighted by Gasteiger charge is 2.16. The number of carbonyl (C=O) groups is 1. The van der Waals surface area contributed by atoms with Gasteiger partial charge in [0.2, 0.25) is 5.88 Å². The lowest BCUT2D eigenvalue weighted by atomic mass is 10.1. The molecule has 0 unspecified atom stereocenters. The predicted octanol–water partition coefficient (Wildman–Crippen LogP) is 1.27. The smallest absolute Gasteiger partial charge is 0.319 e. The molecule has 2 aromatic heterocycles. The molecular weight excluding hydrogens is 322 g/mol. The maximum Gasteiger partial charge on any atom is 0.319 e. The van der Waals surface area contributed by atoms with Crippen LogP contribution in [0.15, 0.2) is 6.33 Å². The number of urea groups is 1. The Balaban J connectivity index is 2.01. The average molecular weight is 347 g/mol. The molecule has 0 aliphatic rings. The third-order valence-electron chi connectivity index (χ3n) is 3.97. The number of amides is 2. The van der Waals surface area contributed by atoms with Crippen LogP contribution in [0.3, 0.4) is 0 Å². The first-order valence-corrected chi connectivity index (χ1v) is 7.95. The number of hydrogen-bond donors (Lipinski definition) is 2. The van der Waals surface area contributed by atoms with Crippen LogP contribution in [-0.4, -0.2) is 53.5 Å². The van der Waals surface area contributed by atoms with Crippen LogP contribution in [0, 0.1) is 13.8 Å². The Hall–Kier alpha value is -2.84. The Bertz CT molecular complexity index is 755. The number of nitrogens with zero attached hydrogens (tertiary/aromatic N) is 5. The van der Waals surface area contributed by atoms with Gasteiger partial charge in [0.1, 0.15) is 12.0 Å². The van der Waals surface area contributed by atoms with Crippen LogP contribution >= 0.6 is 0 Å². The first-order valence-electron chi connectivity index (χ1n) is 7.95. The molecule has 0 aromatic carbocycles. The molecule has 136 valence electrons. The van der Waals surface area contributed by atoms with E-state index < -0.39 is 0 Å². The first kappa shape index (κ1) is 18.5. The lowest BCUT2D eigenvalue weighted by Crippen LogP contribution is -2.31. The van der Waals surface area contributed by atoms with Crippen LogP contribution in [0.5, 0.6) is 5.88 Å². The van der Waals surface area contributed by atoms with Crippen molar-refractivity contribution < 1.29 is 9.53 Å². The summed E-state index contributed by atoms with van der Waals surface area (Å²) in [4.78, 5) is 22.2. The fourth-order valence-corrected chi connectivity index (χ4v) is 2.60. The molecule has 0 spiro atoms. The van der Waals surface area contributed by atoms with Crippen molar-refractivity contribution in [1.29, 1.82) is 0 Å². The van der Waals surface area contributed by atoms with Gasteiger partial charge in [0.25, 0.3) is 0 Å². The van der Waals surface area contributed by atoms with Crippen molar-refractivity contribution in [3.8, 4) is 5.88 Å². The molecule has 0 saturated heterocycles. The normalized spacial score (nSPS) is 10.5. The van der Waals surface area contributed by atoms with Crippen molar-refractivity contribution in [2.45, 2.75) is 20.3 Å². The number of aromatic nitrogens is 4. The highest BCUT2D eigenvalue weighted by molar-refractivity contribution is 5.94. The van der Waals surface area contributed by atoms with Crippen LogP contribution in [0.25, 0.3) is 0 Å². The molecule has 2 N–H and O–H groups in total. The van der Waals surface area contributed by atoms with Crippen LogP contribution < -0.4 is 20.3 Å². The summed E-state index contributed by atoms with van der Waals surface area (Å²) in [5, 5.41) is 9.99. The number of nitrogens with one attached hydrogen (secondary N) is 2. The lowest BCUT2D eigenvalue weighted by Gasteiger charge is -2.18. The van der Waals surface area contributed by atoms with Gasteiger partial charge in [-0.15, -0.1) is 0 Å². The molecule has 0 fully saturated rings. The molecular formula is C16H25N7O2. The maximum atomic E-state index is 12.2. The molecule has 0 bridgehead atoms. The Morgan fingerprint density at radius 2 is 2.04 bits per heavy atom. The minimum atomic E-state index is -0.338. The largest absolute Gasteiger partial charge is 0.479 e. The topological polar surface area (TPSA) is 97.2 Å². The lowest BCUT2D eigenvalue weighted by molar-refractivity contribution is 0.252. The molecule has 2 amide bonds. The summed E-state index contributed by atoms with van der Waals surface area (Å²) in [5.41, 5.74) is 3.67. The summed E-state index contributed by atoms with van der Waals surface area (Å²) < 4.78 is 7.06. The van der Waals surface area contributed by atoms with Gasteiger partial charge in [0, 0.05) is 33.4 Å². The summed E-state index contributed by atoms with van der Waals surface area (Å²) >= 11 is 0. The van der Waals surface area contributed by atoms with Gasteiger partial charge in [-0.3, -0.25) is 4.68 Å². The third kappa shape index (κ3) is 4.17. The number of rotatable bonds is 6. The maximum absolute atomic E-state index is 12.2. The molecule has 0 aliphatic carbocycles. The van der Waals surface area contributed by atoms with E-state index in [-0.39, 0.29) is 6.03 Å². The van der Waals surface area contributed by atoms with Crippen LogP contribution in [-0.2, 0) is 13.5 Å². The zero-order chi connectivity index (χ0) is 18.6. The quantitative estimate of drug-likeness (QED) is 0.817. The van der Waals surface area contributed by atoms with Gasteiger partial charge >= 0.3 is 6.03 Å². The van der Waals surface area contributed by atoms with Crippen LogP contribution in [0.2, 0.25) is 0 Å². The van der Waals surface area contributed by atoms with Crippen molar-refractivity contribution in [3.05, 3.63) is 23.3 Å². The van der Waals surface area contributed by atoms with E-state index in [9.17, 15) is 4.79 Å². The van der Waals surface area contributed by atoms with Crippen LogP contribution in [0.1, 0.15) is 17.0 Å². The summed E-state index contributed by atoms with van der Waals surface area (Å²) in [5.74, 6) is 0.883. The van der Waals surface area contributed by atoms with Crippen molar-refractivity contribution in [2.75, 3.05) is 38.0 Å². The Morgan fingerprint density at radius 3 is 2.60 bits per heavy atom. The van der Waals surface area contributed by atoms with E-state index in [1.165, 1.54) is 13.4 Å². The summed E-state index contributed by atoms with van der Waals surface area (Å²) in [6.07, 6.45) is 2.10. The zero-order valence-corrected chi connectivity index (χ0v) is 15.5. The highest BCUT2D eigenvalue weighted by Crippen LogP contribution is 2.29. The third-order valence-corrected chi connectivity index (χ3v) is 3.97. The number of carbonyl (C=O) groups excluding carboxylic acids is 1. The molecule has 9 heteroatoms. The van der Waals surface area contributed by atoms with E-state index in [0.717, 1.165) is 17.0 Å². The number of methoxy groups -OCH3 is 1. The van der Waals surface area contributed by atoms with Gasteiger partial charge in [-0.2, -0.15) is 10.1 Å². The molecule has 0 aliphatic heterocycles. The highest BCUT2D eigenvalue weighted by atomic mass is 16.5. The van der Waals surface area contributed by atoms with E-state index in [4.69, 9.17) is 4.74 Å². The second-order valence-electron chi connectivity index (χ2n) is 5.88. The van der Waals surface area contributed by atoms with E-state index in [2.05, 4.69) is 25.7 Å². The standard InChI is InChI=1S/C16H25N7O2/c1-10-12(11(2)23(5)21-10)7-8-17-16(24)20-13-14(22(3)4)18-9-19-15(13)25-6/h9H,7-8H2,1-6H3,(H2,17,20,24). The zero-order valence-electron chi connectivity index (χ0n) is 15.5. The van der Waals surface area contributed by atoms with E-state index >= 15 is 0 Å². The second-order valence-corrected chi connectivity index (χ2v) is 5.88. The number of ether oxygens (including phenoxy) is 1. The number of anilines is 2. The summed E-state index contributed by atoms with van der Waals surface area (Å²) in [6, 6.07) is -0.338. The number of hydrogen-bond acceptors (Lipinski definition) is 6. The average Bonchev–Trinajstić information content (AvgIpc) is 2.80. The number of aryl methyl sites for hydroxylation is 2. The second kappa shape index (κ2) is 7.82. The fraction of sp³-hybridized carbons (Fsp3) is 0.500. The Kier molecular flexibility index (Phi) is 5.79. The molecule has 9 nitrogen and oxygen atoms in total. The first-order chi connectivity index (χ1) is 11.8. The van der Waals surface area contributed by atoms with E-state index in [1.807, 2.05) is 39.7 Å². The molecule has 0 saturated carbocycles. The summed E-state index contributed by atoms with van der Waals surface area (Å²) in [7, 11) is 7.08. The fourth-order valence-electron chi connectivity index (χ4n) is 2.60. The van der Waals surface area contributed by atoms with Crippen LogP contribution in [0.4, 0.5) is 16.3 Å². The van der Waals surface area contributed by atoms with Gasteiger partial charge < -0.3 is 20.3 Å². The van der Waals surface area contributed by atoms with Gasteiger partial charge in [0.15, 0.2) is 5.82 Å². The van der Waals surface area contributed by atoms with Gasteiger partial charge in [-0.05, 0) is 25.8 Å². The minimum absolute atomic E-state index is 0.313. The van der Waals surface area contributed by atoms with Crippen molar-refractivity contribution in [2.24, 2.45) is 7.05 Å². The van der Waals surface area contributed by atoms with E-state index in [0.29, 0.717) is 30.4 Å². The van der Waals surface area contributed by atoms with Gasteiger partial charge in [-0.1, -0.05) is 0 Å². The van der Waals surface area contributed by atoms with Crippen molar-refractivity contribution in [3.63, 3.8) is 0 Å².